The van der Waals surface area contributed by atoms with Crippen LogP contribution in [0.5, 0.6) is 0 Å². The molecule has 2 rings (SSSR count). The van der Waals surface area contributed by atoms with Crippen molar-refractivity contribution in [2.45, 2.75) is 33.2 Å². The largest absolute Gasteiger partial charge is 0.396 e. The number of nitrogens with two attached hydrogens (primary N) is 1. The molecule has 0 saturated heterocycles. The van der Waals surface area contributed by atoms with Crippen molar-refractivity contribution in [1.82, 2.24) is 4.98 Å². The Morgan fingerprint density at radius 1 is 1.21 bits per heavy atom. The summed E-state index contributed by atoms with van der Waals surface area (Å²) in [5, 5.41) is 3.37. The maximum atomic E-state index is 6.03. The van der Waals surface area contributed by atoms with Crippen LogP contribution in [0.3, 0.4) is 0 Å². The van der Waals surface area contributed by atoms with Gasteiger partial charge in [0.2, 0.25) is 0 Å². The van der Waals surface area contributed by atoms with Crippen LogP contribution in [-0.4, -0.2) is 4.98 Å². The summed E-state index contributed by atoms with van der Waals surface area (Å²) < 4.78 is 0. The highest BCUT2D eigenvalue weighted by Gasteiger charge is 2.09. The van der Waals surface area contributed by atoms with Gasteiger partial charge >= 0.3 is 0 Å². The lowest BCUT2D eigenvalue weighted by Gasteiger charge is -2.17. The predicted octanol–water partition coefficient (Wildman–Crippen LogP) is 3.71. The minimum Gasteiger partial charge on any atom is -0.396 e. The van der Waals surface area contributed by atoms with Gasteiger partial charge in [-0.15, -0.1) is 0 Å². The van der Waals surface area contributed by atoms with Gasteiger partial charge in [-0.3, -0.25) is 0 Å². The quantitative estimate of drug-likeness (QED) is 0.875. The van der Waals surface area contributed by atoms with Gasteiger partial charge in [-0.1, -0.05) is 31.2 Å². The number of hydrogen-bond donors (Lipinski definition) is 2. The summed E-state index contributed by atoms with van der Waals surface area (Å²) in [5.41, 5.74) is 10.4. The summed E-state index contributed by atoms with van der Waals surface area (Å²) >= 11 is 0. The predicted molar refractivity (Wildman–Crippen MR) is 81.2 cm³/mol. The molecule has 0 saturated carbocycles. The first-order valence-electron chi connectivity index (χ1n) is 6.68. The van der Waals surface area contributed by atoms with E-state index in [-0.39, 0.29) is 6.04 Å². The van der Waals surface area contributed by atoms with E-state index in [0.29, 0.717) is 0 Å². The van der Waals surface area contributed by atoms with E-state index in [0.717, 1.165) is 23.5 Å². The third kappa shape index (κ3) is 3.05. The van der Waals surface area contributed by atoms with Crippen LogP contribution in [-0.2, 0) is 6.42 Å². The molecule has 1 aromatic heterocycles. The Labute approximate surface area is 114 Å². The van der Waals surface area contributed by atoms with Gasteiger partial charge in [0.1, 0.15) is 5.82 Å². The van der Waals surface area contributed by atoms with Crippen LogP contribution < -0.4 is 11.1 Å². The fraction of sp³-hybridized carbons (Fsp3) is 0.312. The molecule has 0 aliphatic carbocycles. The van der Waals surface area contributed by atoms with Crippen LogP contribution in [0.4, 0.5) is 11.5 Å². The second-order valence-electron chi connectivity index (χ2n) is 4.85. The van der Waals surface area contributed by atoms with Gasteiger partial charge in [-0.2, -0.15) is 0 Å². The van der Waals surface area contributed by atoms with Gasteiger partial charge < -0.3 is 11.1 Å². The molecule has 1 heterocycles. The molecule has 0 spiro atoms. The molecule has 1 atom stereocenters. The van der Waals surface area contributed by atoms with Crippen molar-refractivity contribution >= 4 is 11.5 Å². The van der Waals surface area contributed by atoms with Crippen molar-refractivity contribution in [3.05, 3.63) is 53.2 Å². The van der Waals surface area contributed by atoms with E-state index < -0.39 is 0 Å². The SMILES string of the molecule is CCc1ccc(C(C)Nc2nccc(C)c2N)cc1. The number of anilines is 2. The summed E-state index contributed by atoms with van der Waals surface area (Å²) in [6, 6.07) is 10.7. The van der Waals surface area contributed by atoms with E-state index in [1.54, 1.807) is 6.20 Å². The molecule has 2 aromatic rings. The van der Waals surface area contributed by atoms with Gasteiger partial charge in [0.25, 0.3) is 0 Å². The van der Waals surface area contributed by atoms with Gasteiger partial charge in [0, 0.05) is 6.20 Å². The third-order valence-corrected chi connectivity index (χ3v) is 3.45. The Kier molecular flexibility index (Phi) is 4.05. The highest BCUT2D eigenvalue weighted by Crippen LogP contribution is 2.24. The van der Waals surface area contributed by atoms with E-state index in [4.69, 9.17) is 5.73 Å². The van der Waals surface area contributed by atoms with Gasteiger partial charge in [0.15, 0.2) is 0 Å². The van der Waals surface area contributed by atoms with Crippen molar-refractivity contribution in [3.63, 3.8) is 0 Å². The van der Waals surface area contributed by atoms with E-state index in [1.807, 2.05) is 13.0 Å². The topological polar surface area (TPSA) is 50.9 Å². The minimum absolute atomic E-state index is 0.183. The molecule has 3 N–H and O–H groups in total. The standard InChI is InChI=1S/C16H21N3/c1-4-13-5-7-14(8-6-13)12(3)19-16-15(17)11(2)9-10-18-16/h5-10,12H,4,17H2,1-3H3,(H,18,19). The second-order valence-corrected chi connectivity index (χ2v) is 4.85. The molecule has 0 aliphatic rings. The monoisotopic (exact) mass is 255 g/mol. The molecule has 1 aromatic carbocycles. The van der Waals surface area contributed by atoms with Gasteiger partial charge in [0.05, 0.1) is 11.7 Å². The highest BCUT2D eigenvalue weighted by atomic mass is 15.0. The molecular formula is C16H21N3. The van der Waals surface area contributed by atoms with Crippen LogP contribution in [0, 0.1) is 6.92 Å². The van der Waals surface area contributed by atoms with Crippen LogP contribution >= 0.6 is 0 Å². The third-order valence-electron chi connectivity index (χ3n) is 3.45. The summed E-state index contributed by atoms with van der Waals surface area (Å²) in [7, 11) is 0. The summed E-state index contributed by atoms with van der Waals surface area (Å²) in [6.07, 6.45) is 2.84. The molecule has 100 valence electrons. The van der Waals surface area contributed by atoms with Crippen LogP contribution in [0.15, 0.2) is 36.5 Å². The maximum Gasteiger partial charge on any atom is 0.149 e. The van der Waals surface area contributed by atoms with E-state index in [2.05, 4.69) is 48.4 Å². The normalized spacial score (nSPS) is 12.2. The second kappa shape index (κ2) is 5.74. The lowest BCUT2D eigenvalue weighted by molar-refractivity contribution is 0.873. The Morgan fingerprint density at radius 2 is 1.89 bits per heavy atom. The van der Waals surface area contributed by atoms with E-state index in [1.165, 1.54) is 11.1 Å². The fourth-order valence-electron chi connectivity index (χ4n) is 2.02. The first-order chi connectivity index (χ1) is 9.11. The Morgan fingerprint density at radius 3 is 2.53 bits per heavy atom. The zero-order valence-corrected chi connectivity index (χ0v) is 11.8. The summed E-state index contributed by atoms with van der Waals surface area (Å²) in [6.45, 7) is 6.27. The van der Waals surface area contributed by atoms with Crippen molar-refractivity contribution < 1.29 is 0 Å². The molecule has 3 nitrogen and oxygen atoms in total. The zero-order chi connectivity index (χ0) is 13.8. The van der Waals surface area contributed by atoms with Gasteiger partial charge in [-0.25, -0.2) is 4.98 Å². The van der Waals surface area contributed by atoms with Gasteiger partial charge in [-0.05, 0) is 43.0 Å². The van der Waals surface area contributed by atoms with Crippen molar-refractivity contribution in [2.24, 2.45) is 0 Å². The average Bonchev–Trinajstić information content (AvgIpc) is 2.44. The van der Waals surface area contributed by atoms with Crippen LogP contribution in [0.2, 0.25) is 0 Å². The first kappa shape index (κ1) is 13.4. The number of pyridine rings is 1. The smallest absolute Gasteiger partial charge is 0.149 e. The molecule has 0 aliphatic heterocycles. The molecule has 3 heteroatoms. The number of nitrogens with one attached hydrogen (secondary N) is 1. The molecule has 0 bridgehead atoms. The van der Waals surface area contributed by atoms with Crippen LogP contribution in [0.25, 0.3) is 0 Å². The summed E-state index contributed by atoms with van der Waals surface area (Å²) in [5.74, 6) is 0.757. The molecule has 0 amide bonds. The molecule has 19 heavy (non-hydrogen) atoms. The number of hydrogen-bond acceptors (Lipinski definition) is 3. The first-order valence-corrected chi connectivity index (χ1v) is 6.68. The number of nitrogen functional groups attached to an aromatic ring is 1. The number of aromatic nitrogens is 1. The molecule has 1 unspecified atom stereocenters. The zero-order valence-electron chi connectivity index (χ0n) is 11.8. The lowest BCUT2D eigenvalue weighted by atomic mass is 10.0. The fourth-order valence-corrected chi connectivity index (χ4v) is 2.02. The number of benzene rings is 1. The van der Waals surface area contributed by atoms with E-state index in [9.17, 15) is 0 Å². The highest BCUT2D eigenvalue weighted by molar-refractivity contribution is 5.65. The van der Waals surface area contributed by atoms with Crippen LogP contribution in [0.1, 0.15) is 36.6 Å². The maximum absolute atomic E-state index is 6.03. The Balaban J connectivity index is 2.15. The number of aryl methyl sites for hydroxylation is 2. The molecular weight excluding hydrogens is 234 g/mol. The number of rotatable bonds is 4. The van der Waals surface area contributed by atoms with Crippen molar-refractivity contribution in [2.75, 3.05) is 11.1 Å². The van der Waals surface area contributed by atoms with Crippen molar-refractivity contribution in [1.29, 1.82) is 0 Å². The lowest BCUT2D eigenvalue weighted by Crippen LogP contribution is -2.10. The molecule has 0 radical (unpaired) electrons. The van der Waals surface area contributed by atoms with E-state index >= 15 is 0 Å². The Bertz CT molecular complexity index is 546. The average molecular weight is 255 g/mol. The summed E-state index contributed by atoms with van der Waals surface area (Å²) in [4.78, 5) is 4.30. The minimum atomic E-state index is 0.183. The van der Waals surface area contributed by atoms with Crippen molar-refractivity contribution in [3.8, 4) is 0 Å². The number of nitrogens with zero attached hydrogens (tertiary/aromatic N) is 1. The Hall–Kier alpha value is -2.03. The molecule has 0 fully saturated rings.